The highest BCUT2D eigenvalue weighted by molar-refractivity contribution is 7.92. The van der Waals surface area contributed by atoms with Crippen LogP contribution in [0.25, 0.3) is 0 Å². The first-order valence-corrected chi connectivity index (χ1v) is 17.0. The number of nitrogens with zero attached hydrogens (tertiary/aromatic N) is 1. The lowest BCUT2D eigenvalue weighted by atomic mass is 9.90. The lowest BCUT2D eigenvalue weighted by Crippen LogP contribution is -2.44. The van der Waals surface area contributed by atoms with E-state index in [9.17, 15) is 18.0 Å². The fourth-order valence-electron chi connectivity index (χ4n) is 5.74. The Kier molecular flexibility index (Phi) is 10.0. The van der Waals surface area contributed by atoms with Crippen molar-refractivity contribution in [3.63, 3.8) is 0 Å². The van der Waals surface area contributed by atoms with E-state index >= 15 is 0 Å². The van der Waals surface area contributed by atoms with E-state index in [0.29, 0.717) is 12.8 Å². The molecule has 1 aliphatic rings. The van der Waals surface area contributed by atoms with Gasteiger partial charge in [-0.05, 0) is 66.6 Å². The minimum atomic E-state index is -3.65. The average Bonchev–Trinajstić information content (AvgIpc) is 3.04. The summed E-state index contributed by atoms with van der Waals surface area (Å²) in [5, 5.41) is 9.81. The highest BCUT2D eigenvalue weighted by Gasteiger charge is 2.25. The van der Waals surface area contributed by atoms with Crippen molar-refractivity contribution in [3.8, 4) is 0 Å². The van der Waals surface area contributed by atoms with Crippen molar-refractivity contribution in [1.29, 1.82) is 0 Å². The van der Waals surface area contributed by atoms with Gasteiger partial charge in [0.1, 0.15) is 0 Å². The molecule has 4 aromatic carbocycles. The van der Waals surface area contributed by atoms with E-state index in [4.69, 9.17) is 0 Å². The monoisotopic (exact) mass is 624 g/mol. The molecule has 0 saturated carbocycles. The maximum atomic E-state index is 13.9. The Morgan fingerprint density at radius 2 is 1.42 bits per heavy atom. The third-order valence-electron chi connectivity index (χ3n) is 8.35. The Morgan fingerprint density at radius 1 is 0.844 bits per heavy atom. The fraction of sp³-hybridized carbons (Fsp3) is 0.278. The van der Waals surface area contributed by atoms with E-state index in [2.05, 4.69) is 34.1 Å². The van der Waals surface area contributed by atoms with Gasteiger partial charge in [-0.15, -0.1) is 0 Å². The zero-order chi connectivity index (χ0) is 32.0. The van der Waals surface area contributed by atoms with Gasteiger partial charge >= 0.3 is 0 Å². The summed E-state index contributed by atoms with van der Waals surface area (Å²) in [5.41, 5.74) is 5.25. The molecule has 0 bridgehead atoms. The molecule has 0 aliphatic carbocycles. The Balaban J connectivity index is 1.41. The molecule has 1 aliphatic heterocycles. The SMILES string of the molecule is C[C@@H](NC(=O)c1cc(C(=O)N[C@@H](Cc2ccccc2)CC2Cc3ccccc3CN2)cc(N(C)S(C)(=O)=O)c1)c1ccccc1. The summed E-state index contributed by atoms with van der Waals surface area (Å²) in [6.07, 6.45) is 3.26. The van der Waals surface area contributed by atoms with Crippen molar-refractivity contribution < 1.29 is 18.0 Å². The van der Waals surface area contributed by atoms with Crippen molar-refractivity contribution in [2.45, 2.75) is 50.9 Å². The quantitative estimate of drug-likeness (QED) is 0.217. The molecular formula is C36H40N4O4S. The van der Waals surface area contributed by atoms with Gasteiger partial charge in [0.05, 0.1) is 18.0 Å². The van der Waals surface area contributed by atoms with E-state index in [1.54, 1.807) is 0 Å². The van der Waals surface area contributed by atoms with E-state index in [1.165, 1.54) is 36.4 Å². The third kappa shape index (κ3) is 8.38. The molecule has 5 rings (SSSR count). The number of carbonyl (C=O) groups is 2. The van der Waals surface area contributed by atoms with Crippen LogP contribution < -0.4 is 20.3 Å². The van der Waals surface area contributed by atoms with Crippen LogP contribution in [0.4, 0.5) is 5.69 Å². The Labute approximate surface area is 265 Å². The number of hydrogen-bond donors (Lipinski definition) is 3. The van der Waals surface area contributed by atoms with E-state index in [0.717, 1.165) is 34.7 Å². The van der Waals surface area contributed by atoms with Crippen molar-refractivity contribution in [3.05, 3.63) is 137 Å². The first-order valence-electron chi connectivity index (χ1n) is 15.2. The van der Waals surface area contributed by atoms with E-state index in [1.807, 2.05) is 73.7 Å². The summed E-state index contributed by atoms with van der Waals surface area (Å²) >= 11 is 0. The standard InChI is InChI=1S/C36H40N4O4S/c1-25(27-14-8-5-9-15-27)38-35(41)30-19-31(22-34(21-30)40(2)45(3,43)44)36(42)39-33(18-26-12-6-4-7-13-26)23-32-20-28-16-10-11-17-29(28)24-37-32/h4-17,19,21-22,25,32-33,37H,18,20,23-24H2,1-3H3,(H,38,41)(H,39,42)/t25-,32?,33+/m1/s1. The van der Waals surface area contributed by atoms with Gasteiger partial charge in [0.2, 0.25) is 10.0 Å². The minimum Gasteiger partial charge on any atom is -0.349 e. The molecule has 0 spiro atoms. The molecule has 0 fully saturated rings. The summed E-state index contributed by atoms with van der Waals surface area (Å²) in [6.45, 7) is 2.64. The average molecular weight is 625 g/mol. The van der Waals surface area contributed by atoms with Gasteiger partial charge in [-0.25, -0.2) is 8.42 Å². The first kappa shape index (κ1) is 31.9. The lowest BCUT2D eigenvalue weighted by Gasteiger charge is -2.30. The highest BCUT2D eigenvalue weighted by Crippen LogP contribution is 2.24. The molecule has 1 unspecified atom stereocenters. The van der Waals surface area contributed by atoms with Crippen LogP contribution in [0.5, 0.6) is 0 Å². The zero-order valence-electron chi connectivity index (χ0n) is 25.9. The Morgan fingerprint density at radius 3 is 2.07 bits per heavy atom. The van der Waals surface area contributed by atoms with Crippen LogP contribution in [-0.4, -0.2) is 45.6 Å². The normalized spacial score (nSPS) is 15.8. The topological polar surface area (TPSA) is 108 Å². The maximum absolute atomic E-state index is 13.9. The molecular weight excluding hydrogens is 584 g/mol. The number of benzene rings is 4. The van der Waals surface area contributed by atoms with Crippen molar-refractivity contribution in [2.24, 2.45) is 0 Å². The molecule has 8 nitrogen and oxygen atoms in total. The van der Waals surface area contributed by atoms with Crippen LogP contribution in [0.2, 0.25) is 0 Å². The van der Waals surface area contributed by atoms with Crippen molar-refractivity contribution in [2.75, 3.05) is 17.6 Å². The number of rotatable bonds is 11. The molecule has 3 atom stereocenters. The van der Waals surface area contributed by atoms with Gasteiger partial charge in [-0.2, -0.15) is 0 Å². The van der Waals surface area contributed by atoms with Crippen LogP contribution in [0.15, 0.2) is 103 Å². The van der Waals surface area contributed by atoms with Crippen LogP contribution >= 0.6 is 0 Å². The van der Waals surface area contributed by atoms with Gasteiger partial charge in [0, 0.05) is 36.8 Å². The number of sulfonamides is 1. The smallest absolute Gasteiger partial charge is 0.251 e. The summed E-state index contributed by atoms with van der Waals surface area (Å²) in [7, 11) is -2.24. The Hall–Kier alpha value is -4.47. The lowest BCUT2D eigenvalue weighted by molar-refractivity contribution is 0.0932. The van der Waals surface area contributed by atoms with Crippen molar-refractivity contribution in [1.82, 2.24) is 16.0 Å². The van der Waals surface area contributed by atoms with Crippen LogP contribution in [-0.2, 0) is 29.4 Å². The second-order valence-corrected chi connectivity index (χ2v) is 13.8. The summed E-state index contributed by atoms with van der Waals surface area (Å²) < 4.78 is 26.0. The number of anilines is 1. The number of amides is 2. The van der Waals surface area contributed by atoms with Gasteiger partial charge in [0.25, 0.3) is 11.8 Å². The van der Waals surface area contributed by atoms with Crippen LogP contribution in [0.3, 0.4) is 0 Å². The van der Waals surface area contributed by atoms with E-state index in [-0.39, 0.29) is 40.8 Å². The van der Waals surface area contributed by atoms with Gasteiger partial charge < -0.3 is 16.0 Å². The largest absolute Gasteiger partial charge is 0.349 e. The number of carbonyl (C=O) groups excluding carboxylic acids is 2. The molecule has 0 saturated heterocycles. The molecule has 0 radical (unpaired) electrons. The second kappa shape index (κ2) is 14.1. The molecule has 1 heterocycles. The zero-order valence-corrected chi connectivity index (χ0v) is 26.7. The molecule has 9 heteroatoms. The number of fused-ring (bicyclic) bond motifs is 1. The molecule has 2 amide bonds. The molecule has 4 aromatic rings. The number of nitrogens with one attached hydrogen (secondary N) is 3. The summed E-state index contributed by atoms with van der Waals surface area (Å²) in [4.78, 5) is 27.3. The van der Waals surface area contributed by atoms with Crippen LogP contribution in [0.1, 0.15) is 62.4 Å². The fourth-order valence-corrected chi connectivity index (χ4v) is 6.23. The maximum Gasteiger partial charge on any atom is 0.251 e. The van der Waals surface area contributed by atoms with E-state index < -0.39 is 15.9 Å². The summed E-state index contributed by atoms with van der Waals surface area (Å²) in [6, 6.07) is 32.1. The minimum absolute atomic E-state index is 0.164. The summed E-state index contributed by atoms with van der Waals surface area (Å²) in [5.74, 6) is -0.781. The highest BCUT2D eigenvalue weighted by atomic mass is 32.2. The molecule has 45 heavy (non-hydrogen) atoms. The van der Waals surface area contributed by atoms with Gasteiger partial charge in [-0.3, -0.25) is 13.9 Å². The van der Waals surface area contributed by atoms with Crippen molar-refractivity contribution >= 4 is 27.5 Å². The van der Waals surface area contributed by atoms with Gasteiger partial charge in [0.15, 0.2) is 0 Å². The molecule has 3 N–H and O–H groups in total. The predicted molar refractivity (Wildman–Crippen MR) is 179 cm³/mol. The molecule has 234 valence electrons. The second-order valence-electron chi connectivity index (χ2n) is 11.8. The predicted octanol–water partition coefficient (Wildman–Crippen LogP) is 5.02. The van der Waals surface area contributed by atoms with Crippen LogP contribution in [0, 0.1) is 0 Å². The van der Waals surface area contributed by atoms with Gasteiger partial charge in [-0.1, -0.05) is 84.9 Å². The number of hydrogen-bond acceptors (Lipinski definition) is 5. The molecule has 0 aromatic heterocycles. The first-order chi connectivity index (χ1) is 21.6. The third-order valence-corrected chi connectivity index (χ3v) is 9.55. The Bertz CT molecular complexity index is 1750.